The Morgan fingerprint density at radius 2 is 2.10 bits per heavy atom. The van der Waals surface area contributed by atoms with Crippen molar-refractivity contribution in [2.45, 2.75) is 44.6 Å². The number of methoxy groups -OCH3 is 1. The van der Waals surface area contributed by atoms with Crippen molar-refractivity contribution in [2.24, 2.45) is 0 Å². The molecule has 5 heteroatoms. The van der Waals surface area contributed by atoms with Gasteiger partial charge in [0.25, 0.3) is 0 Å². The monoisotopic (exact) mass is 276 g/mol. The largest absolute Gasteiger partial charge is 0.383 e. The Kier molecular flexibility index (Phi) is 4.05. The van der Waals surface area contributed by atoms with Crippen LogP contribution in [0.3, 0.4) is 0 Å². The Balaban J connectivity index is 1.84. The van der Waals surface area contributed by atoms with Gasteiger partial charge in [-0.15, -0.1) is 0 Å². The number of hydrogen-bond acceptors (Lipinski definition) is 5. The molecule has 0 aromatic carbocycles. The van der Waals surface area contributed by atoms with E-state index in [2.05, 4.69) is 28.2 Å². The highest BCUT2D eigenvalue weighted by molar-refractivity contribution is 5.51. The number of aromatic nitrogens is 2. The van der Waals surface area contributed by atoms with E-state index in [1.807, 2.05) is 0 Å². The second-order valence-corrected chi connectivity index (χ2v) is 5.69. The van der Waals surface area contributed by atoms with Crippen LogP contribution >= 0.6 is 0 Å². The van der Waals surface area contributed by atoms with Crippen molar-refractivity contribution in [3.63, 3.8) is 0 Å². The van der Waals surface area contributed by atoms with Gasteiger partial charge in [-0.25, -0.2) is 9.97 Å². The van der Waals surface area contributed by atoms with Crippen LogP contribution < -0.4 is 10.2 Å². The van der Waals surface area contributed by atoms with Crippen LogP contribution in [0.5, 0.6) is 0 Å². The van der Waals surface area contributed by atoms with Crippen molar-refractivity contribution in [3.05, 3.63) is 11.9 Å². The van der Waals surface area contributed by atoms with E-state index in [4.69, 9.17) is 9.72 Å². The molecule has 0 unspecified atom stereocenters. The SMILES string of the molecule is CCNc1cc(N(CCOC)C2CC2)nc(C2CC2)n1. The van der Waals surface area contributed by atoms with Gasteiger partial charge in [0.1, 0.15) is 17.5 Å². The summed E-state index contributed by atoms with van der Waals surface area (Å²) >= 11 is 0. The Labute approximate surface area is 120 Å². The van der Waals surface area contributed by atoms with E-state index < -0.39 is 0 Å². The molecule has 1 aromatic heterocycles. The molecule has 0 saturated heterocycles. The average molecular weight is 276 g/mol. The number of nitrogens with one attached hydrogen (secondary N) is 1. The molecule has 3 rings (SSSR count). The fourth-order valence-electron chi connectivity index (χ4n) is 2.46. The van der Waals surface area contributed by atoms with Crippen molar-refractivity contribution in [1.82, 2.24) is 9.97 Å². The maximum absolute atomic E-state index is 5.24. The van der Waals surface area contributed by atoms with Crippen molar-refractivity contribution in [2.75, 3.05) is 37.0 Å². The third-order valence-corrected chi connectivity index (χ3v) is 3.85. The molecule has 2 saturated carbocycles. The van der Waals surface area contributed by atoms with Gasteiger partial charge in [-0.05, 0) is 32.6 Å². The fourth-order valence-corrected chi connectivity index (χ4v) is 2.46. The highest BCUT2D eigenvalue weighted by Crippen LogP contribution is 2.40. The van der Waals surface area contributed by atoms with E-state index in [9.17, 15) is 0 Å². The summed E-state index contributed by atoms with van der Waals surface area (Å²) in [6.07, 6.45) is 5.00. The van der Waals surface area contributed by atoms with Gasteiger partial charge < -0.3 is 15.0 Å². The van der Waals surface area contributed by atoms with Crippen molar-refractivity contribution in [1.29, 1.82) is 0 Å². The van der Waals surface area contributed by atoms with Crippen molar-refractivity contribution >= 4 is 11.6 Å². The molecule has 0 aliphatic heterocycles. The van der Waals surface area contributed by atoms with Gasteiger partial charge in [-0.1, -0.05) is 0 Å². The highest BCUT2D eigenvalue weighted by atomic mass is 16.5. The topological polar surface area (TPSA) is 50.3 Å². The molecular formula is C15H24N4O. The minimum atomic E-state index is 0.579. The standard InChI is InChI=1S/C15H24N4O/c1-3-16-13-10-14(18-15(17-13)11-4-5-11)19(8-9-20-2)12-6-7-12/h10-12H,3-9H2,1-2H3,(H,16,17,18). The summed E-state index contributed by atoms with van der Waals surface area (Å²) in [4.78, 5) is 11.8. The van der Waals surface area contributed by atoms with Gasteiger partial charge in [0.15, 0.2) is 0 Å². The molecule has 1 aromatic rings. The Morgan fingerprint density at radius 1 is 1.30 bits per heavy atom. The zero-order valence-corrected chi connectivity index (χ0v) is 12.4. The highest BCUT2D eigenvalue weighted by Gasteiger charge is 2.32. The van der Waals surface area contributed by atoms with E-state index in [0.717, 1.165) is 37.2 Å². The minimum Gasteiger partial charge on any atom is -0.383 e. The molecule has 5 nitrogen and oxygen atoms in total. The normalized spacial score (nSPS) is 18.1. The van der Waals surface area contributed by atoms with Crippen LogP contribution in [-0.4, -0.2) is 42.8 Å². The molecule has 0 bridgehead atoms. The summed E-state index contributed by atoms with van der Waals surface area (Å²) in [7, 11) is 1.75. The zero-order chi connectivity index (χ0) is 13.9. The average Bonchev–Trinajstić information content (AvgIpc) is 3.31. The van der Waals surface area contributed by atoms with E-state index in [1.54, 1.807) is 7.11 Å². The first-order chi connectivity index (χ1) is 9.81. The summed E-state index contributed by atoms with van der Waals surface area (Å²) in [6, 6.07) is 2.73. The number of nitrogens with zero attached hydrogens (tertiary/aromatic N) is 3. The Bertz CT molecular complexity index is 457. The Hall–Kier alpha value is -1.36. The lowest BCUT2D eigenvalue weighted by atomic mass is 10.3. The van der Waals surface area contributed by atoms with Crippen LogP contribution in [0.15, 0.2) is 6.07 Å². The third kappa shape index (κ3) is 3.20. The molecule has 0 radical (unpaired) electrons. The summed E-state index contributed by atoms with van der Waals surface area (Å²) in [5.41, 5.74) is 0. The van der Waals surface area contributed by atoms with Gasteiger partial charge in [-0.2, -0.15) is 0 Å². The first kappa shape index (κ1) is 13.6. The molecule has 2 fully saturated rings. The van der Waals surface area contributed by atoms with E-state index in [1.165, 1.54) is 25.7 Å². The molecule has 1 N–H and O–H groups in total. The zero-order valence-electron chi connectivity index (χ0n) is 12.4. The predicted molar refractivity (Wildman–Crippen MR) is 80.4 cm³/mol. The number of anilines is 2. The maximum atomic E-state index is 5.24. The predicted octanol–water partition coefficient (Wildman–Crippen LogP) is 2.40. The lowest BCUT2D eigenvalue weighted by Crippen LogP contribution is -2.30. The Morgan fingerprint density at radius 3 is 2.70 bits per heavy atom. The van der Waals surface area contributed by atoms with Gasteiger partial charge in [0.05, 0.1) is 6.61 Å². The molecule has 0 amide bonds. The van der Waals surface area contributed by atoms with Crippen LogP contribution in [0.4, 0.5) is 11.6 Å². The number of ether oxygens (including phenoxy) is 1. The third-order valence-electron chi connectivity index (χ3n) is 3.85. The van der Waals surface area contributed by atoms with Gasteiger partial charge >= 0.3 is 0 Å². The molecule has 2 aliphatic rings. The summed E-state index contributed by atoms with van der Waals surface area (Å²) < 4.78 is 5.24. The molecule has 0 atom stereocenters. The maximum Gasteiger partial charge on any atom is 0.136 e. The quantitative estimate of drug-likeness (QED) is 0.790. The van der Waals surface area contributed by atoms with Gasteiger partial charge in [-0.3, -0.25) is 0 Å². The number of rotatable bonds is 8. The minimum absolute atomic E-state index is 0.579. The molecular weight excluding hydrogens is 252 g/mol. The lowest BCUT2D eigenvalue weighted by molar-refractivity contribution is 0.204. The molecule has 20 heavy (non-hydrogen) atoms. The lowest BCUT2D eigenvalue weighted by Gasteiger charge is -2.24. The van der Waals surface area contributed by atoms with E-state index >= 15 is 0 Å². The van der Waals surface area contributed by atoms with Crippen LogP contribution in [0.2, 0.25) is 0 Å². The molecule has 1 heterocycles. The van der Waals surface area contributed by atoms with Crippen molar-refractivity contribution in [3.8, 4) is 0 Å². The van der Waals surface area contributed by atoms with Gasteiger partial charge in [0.2, 0.25) is 0 Å². The second kappa shape index (κ2) is 5.95. The first-order valence-electron chi connectivity index (χ1n) is 7.70. The first-order valence-corrected chi connectivity index (χ1v) is 7.70. The fraction of sp³-hybridized carbons (Fsp3) is 0.733. The van der Waals surface area contributed by atoms with Crippen LogP contribution in [0.25, 0.3) is 0 Å². The van der Waals surface area contributed by atoms with Gasteiger partial charge in [0, 0.05) is 38.2 Å². The van der Waals surface area contributed by atoms with Crippen LogP contribution in [0.1, 0.15) is 44.3 Å². The van der Waals surface area contributed by atoms with Crippen LogP contribution in [0, 0.1) is 0 Å². The van der Waals surface area contributed by atoms with Crippen molar-refractivity contribution < 1.29 is 4.74 Å². The second-order valence-electron chi connectivity index (χ2n) is 5.69. The summed E-state index contributed by atoms with van der Waals surface area (Å²) in [5.74, 6) is 3.62. The van der Waals surface area contributed by atoms with Crippen LogP contribution in [-0.2, 0) is 4.74 Å². The summed E-state index contributed by atoms with van der Waals surface area (Å²) in [5, 5.41) is 3.33. The smallest absolute Gasteiger partial charge is 0.136 e. The van der Waals surface area contributed by atoms with E-state index in [0.29, 0.717) is 12.0 Å². The molecule has 2 aliphatic carbocycles. The van der Waals surface area contributed by atoms with E-state index in [-0.39, 0.29) is 0 Å². The summed E-state index contributed by atoms with van der Waals surface area (Å²) in [6.45, 7) is 4.65. The number of hydrogen-bond donors (Lipinski definition) is 1. The molecule has 110 valence electrons. The molecule has 0 spiro atoms.